The zero-order chi connectivity index (χ0) is 13.8. The molecule has 0 spiro atoms. The normalized spacial score (nSPS) is 29.9. The lowest BCUT2D eigenvalue weighted by molar-refractivity contribution is -0.126. The van der Waals surface area contributed by atoms with Crippen LogP contribution in [-0.2, 0) is 4.79 Å². The van der Waals surface area contributed by atoms with Gasteiger partial charge in [-0.15, -0.1) is 0 Å². The van der Waals surface area contributed by atoms with Gasteiger partial charge in [-0.05, 0) is 37.5 Å². The summed E-state index contributed by atoms with van der Waals surface area (Å²) < 4.78 is 0. The van der Waals surface area contributed by atoms with E-state index in [0.717, 1.165) is 19.3 Å². The number of carbonyl (C=O) groups is 1. The van der Waals surface area contributed by atoms with Crippen molar-refractivity contribution in [3.05, 3.63) is 0 Å². The molecule has 4 heteroatoms. The maximum atomic E-state index is 12.4. The number of rotatable bonds is 4. The van der Waals surface area contributed by atoms with Crippen molar-refractivity contribution in [1.29, 1.82) is 0 Å². The predicted molar refractivity (Wildman–Crippen MR) is 81.8 cm³/mol. The van der Waals surface area contributed by atoms with Gasteiger partial charge in [-0.3, -0.25) is 4.79 Å². The molecule has 1 amide bonds. The molecule has 19 heavy (non-hydrogen) atoms. The molecule has 3 unspecified atom stereocenters. The maximum absolute atomic E-state index is 12.4. The Bertz CT molecular complexity index is 339. The standard InChI is InChI=1S/C15H26N2OS/c1-10-6-5-9-12(10)15(18)17-13(14(16)19)11-7-3-2-4-8-11/h10-13H,2-9H2,1H3,(H2,16,19)(H,17,18). The van der Waals surface area contributed by atoms with E-state index in [1.165, 1.54) is 32.1 Å². The number of hydrogen-bond acceptors (Lipinski definition) is 2. The SMILES string of the molecule is CC1CCCC1C(=O)NC(C(N)=S)C1CCCCC1. The highest BCUT2D eigenvalue weighted by atomic mass is 32.1. The molecule has 2 aliphatic rings. The third-order valence-corrected chi connectivity index (χ3v) is 5.18. The van der Waals surface area contributed by atoms with Crippen molar-refractivity contribution < 1.29 is 4.79 Å². The molecular weight excluding hydrogens is 256 g/mol. The maximum Gasteiger partial charge on any atom is 0.223 e. The molecule has 0 bridgehead atoms. The summed E-state index contributed by atoms with van der Waals surface area (Å²) in [6, 6.07) is -0.0874. The van der Waals surface area contributed by atoms with Crippen LogP contribution >= 0.6 is 12.2 Å². The number of nitrogens with one attached hydrogen (secondary N) is 1. The molecule has 0 aliphatic heterocycles. The molecule has 0 aromatic carbocycles. The third kappa shape index (κ3) is 3.68. The fourth-order valence-electron chi connectivity index (χ4n) is 3.68. The molecule has 3 N–H and O–H groups in total. The Morgan fingerprint density at radius 2 is 1.84 bits per heavy atom. The van der Waals surface area contributed by atoms with Crippen molar-refractivity contribution in [2.24, 2.45) is 23.5 Å². The summed E-state index contributed by atoms with van der Waals surface area (Å²) >= 11 is 5.18. The van der Waals surface area contributed by atoms with Crippen LogP contribution in [-0.4, -0.2) is 16.9 Å². The summed E-state index contributed by atoms with van der Waals surface area (Å²) in [5.74, 6) is 1.29. The third-order valence-electron chi connectivity index (χ3n) is 4.92. The molecule has 0 saturated heterocycles. The average Bonchev–Trinajstić information content (AvgIpc) is 2.82. The van der Waals surface area contributed by atoms with Crippen LogP contribution in [0.3, 0.4) is 0 Å². The molecule has 108 valence electrons. The van der Waals surface area contributed by atoms with Crippen molar-refractivity contribution >= 4 is 23.1 Å². The van der Waals surface area contributed by atoms with Gasteiger partial charge in [0, 0.05) is 5.92 Å². The second-order valence-electron chi connectivity index (χ2n) is 6.30. The zero-order valence-electron chi connectivity index (χ0n) is 11.9. The van der Waals surface area contributed by atoms with Crippen molar-refractivity contribution in [2.75, 3.05) is 0 Å². The number of hydrogen-bond donors (Lipinski definition) is 2. The Morgan fingerprint density at radius 1 is 1.16 bits per heavy atom. The van der Waals surface area contributed by atoms with Gasteiger partial charge in [0.1, 0.15) is 0 Å². The summed E-state index contributed by atoms with van der Waals surface area (Å²) in [7, 11) is 0. The van der Waals surface area contributed by atoms with Crippen LogP contribution < -0.4 is 11.1 Å². The average molecular weight is 282 g/mol. The van der Waals surface area contributed by atoms with Crippen LogP contribution in [0.2, 0.25) is 0 Å². The van der Waals surface area contributed by atoms with Gasteiger partial charge in [0.2, 0.25) is 5.91 Å². The van der Waals surface area contributed by atoms with E-state index in [4.69, 9.17) is 18.0 Å². The van der Waals surface area contributed by atoms with Crippen molar-refractivity contribution in [2.45, 2.75) is 64.3 Å². The Labute approximate surface area is 121 Å². The van der Waals surface area contributed by atoms with Gasteiger partial charge < -0.3 is 11.1 Å². The Morgan fingerprint density at radius 3 is 2.37 bits per heavy atom. The van der Waals surface area contributed by atoms with E-state index < -0.39 is 0 Å². The van der Waals surface area contributed by atoms with Gasteiger partial charge in [0.15, 0.2) is 0 Å². The molecule has 2 saturated carbocycles. The summed E-state index contributed by atoms with van der Waals surface area (Å²) in [6.07, 6.45) is 9.40. The topological polar surface area (TPSA) is 55.1 Å². The fourth-order valence-corrected chi connectivity index (χ4v) is 3.94. The van der Waals surface area contributed by atoms with Crippen LogP contribution in [0, 0.1) is 17.8 Å². The largest absolute Gasteiger partial charge is 0.392 e. The van der Waals surface area contributed by atoms with Crippen molar-refractivity contribution in [3.8, 4) is 0 Å². The Kier molecular flexibility index (Phi) is 5.20. The van der Waals surface area contributed by atoms with Crippen LogP contribution in [0.15, 0.2) is 0 Å². The van der Waals surface area contributed by atoms with Crippen LogP contribution in [0.4, 0.5) is 0 Å². The fraction of sp³-hybridized carbons (Fsp3) is 0.867. The minimum absolute atomic E-state index is 0.0874. The molecule has 0 heterocycles. The van der Waals surface area contributed by atoms with Crippen molar-refractivity contribution in [3.63, 3.8) is 0 Å². The first-order valence-corrected chi connectivity index (χ1v) is 8.10. The number of amides is 1. The predicted octanol–water partition coefficient (Wildman–Crippen LogP) is 2.77. The highest BCUT2D eigenvalue weighted by Gasteiger charge is 2.33. The summed E-state index contributed by atoms with van der Waals surface area (Å²) in [4.78, 5) is 12.9. The van der Waals surface area contributed by atoms with Gasteiger partial charge >= 0.3 is 0 Å². The molecule has 0 aromatic heterocycles. The first-order chi connectivity index (χ1) is 9.09. The molecule has 3 atom stereocenters. The second kappa shape index (κ2) is 6.69. The number of thiocarbonyl (C=S) groups is 1. The molecule has 2 rings (SSSR count). The second-order valence-corrected chi connectivity index (χ2v) is 6.77. The summed E-state index contributed by atoms with van der Waals surface area (Å²) in [5.41, 5.74) is 5.87. The molecule has 0 radical (unpaired) electrons. The molecular formula is C15H26N2OS. The monoisotopic (exact) mass is 282 g/mol. The lowest BCUT2D eigenvalue weighted by Gasteiger charge is -2.31. The van der Waals surface area contributed by atoms with Crippen molar-refractivity contribution in [1.82, 2.24) is 5.32 Å². The van der Waals surface area contributed by atoms with E-state index in [1.807, 2.05) is 0 Å². The lowest BCUT2D eigenvalue weighted by atomic mass is 9.83. The highest BCUT2D eigenvalue weighted by molar-refractivity contribution is 7.80. The molecule has 0 aromatic rings. The van der Waals surface area contributed by atoms with Gasteiger partial charge in [-0.1, -0.05) is 44.8 Å². The van der Waals surface area contributed by atoms with Gasteiger partial charge in [-0.2, -0.15) is 0 Å². The van der Waals surface area contributed by atoms with E-state index in [2.05, 4.69) is 12.2 Å². The first-order valence-electron chi connectivity index (χ1n) is 7.69. The van der Waals surface area contributed by atoms with E-state index in [9.17, 15) is 4.79 Å². The molecule has 2 aliphatic carbocycles. The highest BCUT2D eigenvalue weighted by Crippen LogP contribution is 2.32. The summed E-state index contributed by atoms with van der Waals surface area (Å²) in [5, 5.41) is 3.15. The number of carbonyl (C=O) groups excluding carboxylic acids is 1. The quantitative estimate of drug-likeness (QED) is 0.780. The summed E-state index contributed by atoms with van der Waals surface area (Å²) in [6.45, 7) is 2.17. The van der Waals surface area contributed by atoms with E-state index in [0.29, 0.717) is 16.8 Å². The van der Waals surface area contributed by atoms with Crippen LogP contribution in [0.1, 0.15) is 58.3 Å². The first kappa shape index (κ1) is 14.8. The van der Waals surface area contributed by atoms with E-state index in [1.54, 1.807) is 0 Å². The number of nitrogens with two attached hydrogens (primary N) is 1. The van der Waals surface area contributed by atoms with Crippen LogP contribution in [0.25, 0.3) is 0 Å². The van der Waals surface area contributed by atoms with E-state index in [-0.39, 0.29) is 17.9 Å². The Hall–Kier alpha value is -0.640. The van der Waals surface area contributed by atoms with Gasteiger partial charge in [0.05, 0.1) is 11.0 Å². The van der Waals surface area contributed by atoms with Gasteiger partial charge in [0.25, 0.3) is 0 Å². The zero-order valence-corrected chi connectivity index (χ0v) is 12.7. The van der Waals surface area contributed by atoms with Gasteiger partial charge in [-0.25, -0.2) is 0 Å². The molecule has 3 nitrogen and oxygen atoms in total. The molecule has 2 fully saturated rings. The minimum atomic E-state index is -0.0874. The minimum Gasteiger partial charge on any atom is -0.392 e. The smallest absolute Gasteiger partial charge is 0.223 e. The Balaban J connectivity index is 1.95. The lowest BCUT2D eigenvalue weighted by Crippen LogP contribution is -2.50. The van der Waals surface area contributed by atoms with E-state index >= 15 is 0 Å². The van der Waals surface area contributed by atoms with Crippen LogP contribution in [0.5, 0.6) is 0 Å².